The Morgan fingerprint density at radius 1 is 1.00 bits per heavy atom. The number of hydrogen-bond donors (Lipinski definition) is 0. The van der Waals surface area contributed by atoms with Crippen LogP contribution in [0.4, 0.5) is 10.1 Å². The molecule has 0 spiro atoms. The summed E-state index contributed by atoms with van der Waals surface area (Å²) >= 11 is 0. The molecule has 0 N–H and O–H groups in total. The second-order valence-electron chi connectivity index (χ2n) is 7.08. The molecule has 0 bridgehead atoms. The number of piperazine rings is 1. The van der Waals surface area contributed by atoms with Gasteiger partial charge in [-0.1, -0.05) is 30.3 Å². The van der Waals surface area contributed by atoms with Gasteiger partial charge in [0.1, 0.15) is 5.82 Å². The number of benzene rings is 2. The predicted molar refractivity (Wildman–Crippen MR) is 106 cm³/mol. The van der Waals surface area contributed by atoms with Crippen LogP contribution in [0, 0.1) is 19.7 Å². The average molecular weight is 384 g/mol. The minimum atomic E-state index is -0.415. The SMILES string of the molecule is Cc1ccc(CC(=O)OCC(=O)N2CCN(c3ccccc3F)CC2)cc1C. The maximum Gasteiger partial charge on any atom is 0.310 e. The van der Waals surface area contributed by atoms with Crippen LogP contribution in [0.3, 0.4) is 0 Å². The van der Waals surface area contributed by atoms with E-state index in [9.17, 15) is 14.0 Å². The largest absolute Gasteiger partial charge is 0.455 e. The molecular formula is C22H25FN2O3. The number of anilines is 1. The Morgan fingerprint density at radius 3 is 2.39 bits per heavy atom. The highest BCUT2D eigenvalue weighted by Gasteiger charge is 2.23. The molecule has 6 heteroatoms. The van der Waals surface area contributed by atoms with Gasteiger partial charge in [0, 0.05) is 26.2 Å². The number of halogens is 1. The summed E-state index contributed by atoms with van der Waals surface area (Å²) in [4.78, 5) is 27.9. The monoisotopic (exact) mass is 384 g/mol. The number of rotatable bonds is 5. The Morgan fingerprint density at radius 2 is 1.71 bits per heavy atom. The van der Waals surface area contributed by atoms with E-state index in [1.807, 2.05) is 36.9 Å². The molecule has 0 atom stereocenters. The van der Waals surface area contributed by atoms with Crippen LogP contribution in [0.25, 0.3) is 0 Å². The van der Waals surface area contributed by atoms with Crippen molar-refractivity contribution in [3.63, 3.8) is 0 Å². The number of para-hydroxylation sites is 1. The van der Waals surface area contributed by atoms with Gasteiger partial charge in [-0.2, -0.15) is 0 Å². The molecule has 28 heavy (non-hydrogen) atoms. The van der Waals surface area contributed by atoms with Crippen LogP contribution in [0.2, 0.25) is 0 Å². The fourth-order valence-electron chi connectivity index (χ4n) is 3.27. The van der Waals surface area contributed by atoms with Crippen molar-refractivity contribution < 1.29 is 18.7 Å². The van der Waals surface area contributed by atoms with Crippen molar-refractivity contribution in [2.75, 3.05) is 37.7 Å². The summed E-state index contributed by atoms with van der Waals surface area (Å²) in [5.41, 5.74) is 3.71. The molecular weight excluding hydrogens is 359 g/mol. The number of ether oxygens (including phenoxy) is 1. The van der Waals surface area contributed by atoms with Crippen molar-refractivity contribution >= 4 is 17.6 Å². The molecule has 0 aromatic heterocycles. The minimum Gasteiger partial charge on any atom is -0.455 e. The molecule has 0 saturated carbocycles. The molecule has 1 saturated heterocycles. The van der Waals surface area contributed by atoms with Crippen molar-refractivity contribution in [2.24, 2.45) is 0 Å². The average Bonchev–Trinajstić information content (AvgIpc) is 2.69. The summed E-state index contributed by atoms with van der Waals surface area (Å²) in [7, 11) is 0. The van der Waals surface area contributed by atoms with Gasteiger partial charge < -0.3 is 14.5 Å². The smallest absolute Gasteiger partial charge is 0.310 e. The number of amides is 1. The lowest BCUT2D eigenvalue weighted by Crippen LogP contribution is -2.50. The molecule has 5 nitrogen and oxygen atoms in total. The standard InChI is InChI=1S/C22H25FN2O3/c1-16-7-8-18(13-17(16)2)14-22(27)28-15-21(26)25-11-9-24(10-12-25)20-6-4-3-5-19(20)23/h3-8,13H,9-12,14-15H2,1-2H3. The molecule has 1 heterocycles. The Labute approximate surface area is 164 Å². The normalized spacial score (nSPS) is 14.1. The van der Waals surface area contributed by atoms with Crippen LogP contribution in [-0.4, -0.2) is 49.6 Å². The third-order valence-electron chi connectivity index (χ3n) is 5.10. The van der Waals surface area contributed by atoms with Crippen molar-refractivity contribution in [3.05, 3.63) is 65.0 Å². The number of carbonyl (C=O) groups excluding carboxylic acids is 2. The van der Waals surface area contributed by atoms with Crippen molar-refractivity contribution in [3.8, 4) is 0 Å². The van der Waals surface area contributed by atoms with E-state index in [0.717, 1.165) is 11.1 Å². The van der Waals surface area contributed by atoms with Crippen LogP contribution >= 0.6 is 0 Å². The van der Waals surface area contributed by atoms with Gasteiger partial charge in [0.05, 0.1) is 12.1 Å². The molecule has 2 aromatic rings. The third kappa shape index (κ3) is 4.88. The Bertz CT molecular complexity index is 861. The first-order valence-corrected chi connectivity index (χ1v) is 9.43. The molecule has 148 valence electrons. The molecule has 1 amide bonds. The number of esters is 1. The van der Waals surface area contributed by atoms with Gasteiger partial charge in [0.2, 0.25) is 0 Å². The molecule has 1 fully saturated rings. The zero-order chi connectivity index (χ0) is 20.1. The molecule has 2 aromatic carbocycles. The molecule has 1 aliphatic rings. The van der Waals surface area contributed by atoms with Gasteiger partial charge in [0.25, 0.3) is 5.91 Å². The van der Waals surface area contributed by atoms with E-state index in [4.69, 9.17) is 4.74 Å². The van der Waals surface area contributed by atoms with Gasteiger partial charge >= 0.3 is 5.97 Å². The van der Waals surface area contributed by atoms with Crippen LogP contribution < -0.4 is 4.90 Å². The lowest BCUT2D eigenvalue weighted by molar-refractivity contribution is -0.151. The highest BCUT2D eigenvalue weighted by Crippen LogP contribution is 2.20. The molecule has 0 unspecified atom stereocenters. The summed E-state index contributed by atoms with van der Waals surface area (Å²) in [6, 6.07) is 12.4. The topological polar surface area (TPSA) is 49.9 Å². The predicted octanol–water partition coefficient (Wildman–Crippen LogP) is 2.88. The van der Waals surface area contributed by atoms with Gasteiger partial charge in [-0.25, -0.2) is 4.39 Å². The van der Waals surface area contributed by atoms with Gasteiger partial charge in [-0.05, 0) is 42.7 Å². The van der Waals surface area contributed by atoms with Crippen LogP contribution in [0.1, 0.15) is 16.7 Å². The van der Waals surface area contributed by atoms with Gasteiger partial charge in [-0.3, -0.25) is 9.59 Å². The first-order chi connectivity index (χ1) is 13.4. The maximum atomic E-state index is 13.9. The van der Waals surface area contributed by atoms with Crippen LogP contribution in [0.5, 0.6) is 0 Å². The van der Waals surface area contributed by atoms with E-state index < -0.39 is 5.97 Å². The quantitative estimate of drug-likeness (QED) is 0.744. The van der Waals surface area contributed by atoms with Crippen molar-refractivity contribution in [1.29, 1.82) is 0 Å². The molecule has 0 radical (unpaired) electrons. The highest BCUT2D eigenvalue weighted by molar-refractivity contribution is 5.81. The summed E-state index contributed by atoms with van der Waals surface area (Å²) in [5.74, 6) is -0.897. The van der Waals surface area contributed by atoms with E-state index in [0.29, 0.717) is 31.9 Å². The summed E-state index contributed by atoms with van der Waals surface area (Å²) in [5, 5.41) is 0. The summed E-state index contributed by atoms with van der Waals surface area (Å²) in [6.45, 7) is 5.79. The Hall–Kier alpha value is -2.89. The van der Waals surface area contributed by atoms with Gasteiger partial charge in [0.15, 0.2) is 6.61 Å². The lowest BCUT2D eigenvalue weighted by Gasteiger charge is -2.36. The summed E-state index contributed by atoms with van der Waals surface area (Å²) in [6.07, 6.45) is 0.148. The Balaban J connectivity index is 1.45. The van der Waals surface area contributed by atoms with Crippen LogP contribution in [0.15, 0.2) is 42.5 Å². The van der Waals surface area contributed by atoms with E-state index in [-0.39, 0.29) is 24.8 Å². The first kappa shape index (κ1) is 19.9. The zero-order valence-electron chi connectivity index (χ0n) is 16.3. The first-order valence-electron chi connectivity index (χ1n) is 9.43. The molecule has 0 aliphatic carbocycles. The Kier molecular flexibility index (Phi) is 6.29. The van der Waals surface area contributed by atoms with E-state index in [2.05, 4.69) is 0 Å². The maximum absolute atomic E-state index is 13.9. The fourth-order valence-corrected chi connectivity index (χ4v) is 3.27. The number of nitrogens with zero attached hydrogens (tertiary/aromatic N) is 2. The lowest BCUT2D eigenvalue weighted by atomic mass is 10.0. The summed E-state index contributed by atoms with van der Waals surface area (Å²) < 4.78 is 19.0. The minimum absolute atomic E-state index is 0.148. The molecule has 3 rings (SSSR count). The fraction of sp³-hybridized carbons (Fsp3) is 0.364. The third-order valence-corrected chi connectivity index (χ3v) is 5.10. The van der Waals surface area contributed by atoms with Crippen molar-refractivity contribution in [2.45, 2.75) is 20.3 Å². The van der Waals surface area contributed by atoms with E-state index in [1.165, 1.54) is 11.6 Å². The highest BCUT2D eigenvalue weighted by atomic mass is 19.1. The van der Waals surface area contributed by atoms with Gasteiger partial charge in [-0.15, -0.1) is 0 Å². The number of aryl methyl sites for hydroxylation is 2. The molecule has 1 aliphatic heterocycles. The second-order valence-corrected chi connectivity index (χ2v) is 7.08. The zero-order valence-corrected chi connectivity index (χ0v) is 16.3. The number of carbonyl (C=O) groups is 2. The number of hydrogen-bond acceptors (Lipinski definition) is 4. The van der Waals surface area contributed by atoms with E-state index in [1.54, 1.807) is 23.1 Å². The second kappa shape index (κ2) is 8.87. The van der Waals surface area contributed by atoms with Crippen LogP contribution in [-0.2, 0) is 20.7 Å². The van der Waals surface area contributed by atoms with E-state index >= 15 is 0 Å². The van der Waals surface area contributed by atoms with Crippen molar-refractivity contribution in [1.82, 2.24) is 4.90 Å².